The second kappa shape index (κ2) is 12.9. The number of nitrogens with one attached hydrogen (secondary N) is 1. The van der Waals surface area contributed by atoms with Crippen LogP contribution in [-0.4, -0.2) is 28.1 Å². The topological polar surface area (TPSA) is 71.3 Å². The molecule has 4 aromatic rings. The molecule has 0 fully saturated rings. The standard InChI is InChI=1S/C31H31Cl3N2O3/c1-3-4-5-24(19-6-8-21(9-7-19)31(39)35-15-14-28(37)38)29(20-10-12-22(32)13-11-20)26-18-36(2)30-25(26)16-23(33)17-27(30)34/h6-13,16-18,24,29H,3-5,14-15H2,1-2H3,(H,35,39)(H,37,38). The van der Waals surface area contributed by atoms with Gasteiger partial charge in [-0.1, -0.05) is 78.8 Å². The van der Waals surface area contributed by atoms with Gasteiger partial charge in [0.2, 0.25) is 0 Å². The van der Waals surface area contributed by atoms with E-state index in [2.05, 4.69) is 30.6 Å². The number of unbranched alkanes of at least 4 members (excludes halogenated alkanes) is 1. The molecule has 0 aliphatic rings. The first kappa shape index (κ1) is 29.0. The van der Waals surface area contributed by atoms with Crippen LogP contribution in [0.1, 0.15) is 71.5 Å². The lowest BCUT2D eigenvalue weighted by atomic mass is 9.74. The Morgan fingerprint density at radius 3 is 2.26 bits per heavy atom. The van der Waals surface area contributed by atoms with Crippen LogP contribution in [0.3, 0.4) is 0 Å². The first-order chi connectivity index (χ1) is 18.7. The van der Waals surface area contributed by atoms with Crippen LogP contribution >= 0.6 is 34.8 Å². The Balaban J connectivity index is 1.80. The molecule has 0 aliphatic heterocycles. The average molecular weight is 586 g/mol. The highest BCUT2D eigenvalue weighted by molar-refractivity contribution is 6.38. The quantitative estimate of drug-likeness (QED) is 0.185. The number of amides is 1. The summed E-state index contributed by atoms with van der Waals surface area (Å²) in [7, 11) is 1.99. The van der Waals surface area contributed by atoms with Gasteiger partial charge in [-0.2, -0.15) is 0 Å². The lowest BCUT2D eigenvalue weighted by Gasteiger charge is -2.29. The highest BCUT2D eigenvalue weighted by Gasteiger charge is 2.30. The van der Waals surface area contributed by atoms with Gasteiger partial charge in [0.05, 0.1) is 17.0 Å². The molecule has 0 saturated heterocycles. The fourth-order valence-electron chi connectivity index (χ4n) is 5.25. The molecule has 0 aliphatic carbocycles. The van der Waals surface area contributed by atoms with E-state index in [-0.39, 0.29) is 30.7 Å². The molecule has 0 radical (unpaired) electrons. The Labute approximate surface area is 243 Å². The van der Waals surface area contributed by atoms with Crippen LogP contribution in [0.4, 0.5) is 0 Å². The van der Waals surface area contributed by atoms with Crippen LogP contribution in [0.2, 0.25) is 15.1 Å². The number of carbonyl (C=O) groups excluding carboxylic acids is 1. The predicted molar refractivity (Wildman–Crippen MR) is 160 cm³/mol. The minimum absolute atomic E-state index is 0.0257. The number of carboxylic acids is 1. The summed E-state index contributed by atoms with van der Waals surface area (Å²) >= 11 is 19.4. The van der Waals surface area contributed by atoms with Crippen LogP contribution in [0.15, 0.2) is 66.9 Å². The fraction of sp³-hybridized carbons (Fsp3) is 0.290. The second-order valence-corrected chi connectivity index (χ2v) is 11.1. The Hall–Kier alpha value is -2.99. The van der Waals surface area contributed by atoms with Crippen molar-refractivity contribution in [1.29, 1.82) is 0 Å². The normalized spacial score (nSPS) is 12.8. The predicted octanol–water partition coefficient (Wildman–Crippen LogP) is 8.45. The van der Waals surface area contributed by atoms with Gasteiger partial charge in [0.15, 0.2) is 0 Å². The van der Waals surface area contributed by atoms with E-state index in [0.717, 1.165) is 46.9 Å². The van der Waals surface area contributed by atoms with Crippen molar-refractivity contribution >= 4 is 57.6 Å². The Morgan fingerprint density at radius 1 is 0.949 bits per heavy atom. The molecule has 2 unspecified atom stereocenters. The monoisotopic (exact) mass is 584 g/mol. The summed E-state index contributed by atoms with van der Waals surface area (Å²) in [5, 5.41) is 14.4. The van der Waals surface area contributed by atoms with Crippen molar-refractivity contribution in [3.8, 4) is 0 Å². The zero-order valence-electron chi connectivity index (χ0n) is 21.9. The number of hydrogen-bond acceptors (Lipinski definition) is 2. The van der Waals surface area contributed by atoms with Crippen LogP contribution in [0, 0.1) is 0 Å². The maximum atomic E-state index is 12.6. The minimum atomic E-state index is -0.950. The van der Waals surface area contributed by atoms with Crippen molar-refractivity contribution in [3.63, 3.8) is 0 Å². The van der Waals surface area contributed by atoms with Crippen molar-refractivity contribution < 1.29 is 14.7 Å². The molecule has 1 amide bonds. The van der Waals surface area contributed by atoms with Crippen molar-refractivity contribution in [3.05, 3.63) is 104 Å². The smallest absolute Gasteiger partial charge is 0.305 e. The fourth-order valence-corrected chi connectivity index (χ4v) is 6.00. The lowest BCUT2D eigenvalue weighted by Crippen LogP contribution is -2.26. The van der Waals surface area contributed by atoms with Crippen LogP contribution in [-0.2, 0) is 11.8 Å². The third-order valence-electron chi connectivity index (χ3n) is 7.09. The first-order valence-corrected chi connectivity index (χ1v) is 14.1. The van der Waals surface area contributed by atoms with E-state index in [1.165, 1.54) is 0 Å². The van der Waals surface area contributed by atoms with E-state index in [1.807, 2.05) is 41.9 Å². The third-order valence-corrected chi connectivity index (χ3v) is 7.84. The summed E-state index contributed by atoms with van der Waals surface area (Å²) in [6.07, 6.45) is 5.01. The average Bonchev–Trinajstić information content (AvgIpc) is 3.22. The zero-order valence-corrected chi connectivity index (χ0v) is 24.2. The van der Waals surface area contributed by atoms with Gasteiger partial charge in [-0.3, -0.25) is 9.59 Å². The number of fused-ring (bicyclic) bond motifs is 1. The molecular weight excluding hydrogens is 555 g/mol. The number of aromatic nitrogens is 1. The maximum Gasteiger partial charge on any atom is 0.305 e. The number of halogens is 3. The van der Waals surface area contributed by atoms with Crippen molar-refractivity contribution in [1.82, 2.24) is 9.88 Å². The van der Waals surface area contributed by atoms with E-state index in [0.29, 0.717) is 20.6 Å². The molecule has 2 atom stereocenters. The van der Waals surface area contributed by atoms with Gasteiger partial charge in [0, 0.05) is 46.7 Å². The summed E-state index contributed by atoms with van der Waals surface area (Å²) in [5.74, 6) is -1.17. The summed E-state index contributed by atoms with van der Waals surface area (Å²) in [5.41, 5.74) is 4.77. The number of nitrogens with zero attached hydrogens (tertiary/aromatic N) is 1. The van der Waals surface area contributed by atoms with E-state index < -0.39 is 5.97 Å². The van der Waals surface area contributed by atoms with E-state index in [9.17, 15) is 9.59 Å². The number of benzene rings is 3. The Morgan fingerprint density at radius 2 is 1.62 bits per heavy atom. The number of aliphatic carboxylic acids is 1. The molecule has 5 nitrogen and oxygen atoms in total. The number of carbonyl (C=O) groups is 2. The van der Waals surface area contributed by atoms with E-state index >= 15 is 0 Å². The first-order valence-electron chi connectivity index (χ1n) is 13.0. The van der Waals surface area contributed by atoms with E-state index in [4.69, 9.17) is 39.9 Å². The second-order valence-electron chi connectivity index (χ2n) is 9.78. The molecule has 1 aromatic heterocycles. The summed E-state index contributed by atoms with van der Waals surface area (Å²) in [6.45, 7) is 2.26. The van der Waals surface area contributed by atoms with Gasteiger partial charge in [-0.15, -0.1) is 0 Å². The third kappa shape index (κ3) is 6.78. The van der Waals surface area contributed by atoms with Gasteiger partial charge in [-0.25, -0.2) is 0 Å². The molecule has 4 rings (SSSR count). The molecule has 2 N–H and O–H groups in total. The molecule has 204 valence electrons. The van der Waals surface area contributed by atoms with Crippen molar-refractivity contribution in [2.24, 2.45) is 7.05 Å². The summed E-state index contributed by atoms with van der Waals surface area (Å²) in [6, 6.07) is 19.3. The number of rotatable bonds is 11. The maximum absolute atomic E-state index is 12.6. The highest BCUT2D eigenvalue weighted by atomic mass is 35.5. The van der Waals surface area contributed by atoms with E-state index in [1.54, 1.807) is 18.2 Å². The molecule has 3 aromatic carbocycles. The van der Waals surface area contributed by atoms with Gasteiger partial charge >= 0.3 is 5.97 Å². The molecule has 0 bridgehead atoms. The van der Waals surface area contributed by atoms with Crippen molar-refractivity contribution in [2.45, 2.75) is 44.4 Å². The Bertz CT molecular complexity index is 1460. The number of aryl methyl sites for hydroxylation is 1. The molecular formula is C31H31Cl3N2O3. The number of carboxylic acid groups (broad SMARTS) is 1. The lowest BCUT2D eigenvalue weighted by molar-refractivity contribution is -0.136. The molecule has 8 heteroatoms. The minimum Gasteiger partial charge on any atom is -0.481 e. The van der Waals surface area contributed by atoms with Crippen LogP contribution < -0.4 is 5.32 Å². The SMILES string of the molecule is CCCCC(c1ccc(C(=O)NCCC(=O)O)cc1)C(c1ccc(Cl)cc1)c1cn(C)c2c(Cl)cc(Cl)cc12. The van der Waals surface area contributed by atoms with Gasteiger partial charge in [0.25, 0.3) is 5.91 Å². The van der Waals surface area contributed by atoms with Gasteiger partial charge < -0.3 is 15.0 Å². The molecule has 39 heavy (non-hydrogen) atoms. The zero-order chi connectivity index (χ0) is 28.1. The van der Waals surface area contributed by atoms with Crippen molar-refractivity contribution in [2.75, 3.05) is 6.54 Å². The summed E-state index contributed by atoms with van der Waals surface area (Å²) in [4.78, 5) is 23.3. The number of hydrogen-bond donors (Lipinski definition) is 2. The van der Waals surface area contributed by atoms with Crippen LogP contribution in [0.25, 0.3) is 10.9 Å². The molecule has 0 spiro atoms. The molecule has 1 heterocycles. The largest absolute Gasteiger partial charge is 0.481 e. The molecule has 0 saturated carbocycles. The summed E-state index contributed by atoms with van der Waals surface area (Å²) < 4.78 is 2.05. The Kier molecular flexibility index (Phi) is 9.60. The van der Waals surface area contributed by atoms with Gasteiger partial charge in [0.1, 0.15) is 0 Å². The highest BCUT2D eigenvalue weighted by Crippen LogP contribution is 2.46. The van der Waals surface area contributed by atoms with Gasteiger partial charge in [-0.05, 0) is 65.4 Å². The van der Waals surface area contributed by atoms with Crippen LogP contribution in [0.5, 0.6) is 0 Å².